The minimum absolute atomic E-state index is 0.255. The van der Waals surface area contributed by atoms with Gasteiger partial charge in [-0.05, 0) is 0 Å². The highest BCUT2D eigenvalue weighted by molar-refractivity contribution is 6.04. The highest BCUT2D eigenvalue weighted by atomic mass is 16.4. The summed E-state index contributed by atoms with van der Waals surface area (Å²) in [6.07, 6.45) is 0. The van der Waals surface area contributed by atoms with Crippen molar-refractivity contribution in [2.24, 2.45) is 16.7 Å². The standard InChI is InChI=1S/C8H11NO4/c1-7-3-9-2-4(7)8(7,5(10)11)6(12)13/h4,9H,2-3H2,1H3,(H,10,11)(H,12,13). The highest BCUT2D eigenvalue weighted by Gasteiger charge is 2.84. The number of carboxylic acid groups (broad SMARTS) is 2. The van der Waals surface area contributed by atoms with Crippen molar-refractivity contribution in [3.8, 4) is 0 Å². The first-order valence-electron chi connectivity index (χ1n) is 4.15. The summed E-state index contributed by atoms with van der Waals surface area (Å²) in [4.78, 5) is 21.9. The molecule has 5 nitrogen and oxygen atoms in total. The number of hydrogen-bond acceptors (Lipinski definition) is 3. The summed E-state index contributed by atoms with van der Waals surface area (Å²) in [5.41, 5.74) is -2.12. The van der Waals surface area contributed by atoms with Crippen molar-refractivity contribution in [2.45, 2.75) is 6.92 Å². The molecule has 13 heavy (non-hydrogen) atoms. The molecule has 1 aliphatic heterocycles. The summed E-state index contributed by atoms with van der Waals surface area (Å²) in [5, 5.41) is 20.9. The molecule has 2 fully saturated rings. The predicted octanol–water partition coefficient (Wildman–Crippen LogP) is -0.619. The third kappa shape index (κ3) is 0.634. The molecule has 2 atom stereocenters. The number of hydrogen-bond donors (Lipinski definition) is 3. The van der Waals surface area contributed by atoms with Gasteiger partial charge >= 0.3 is 11.9 Å². The molecule has 2 rings (SSSR count). The number of nitrogens with one attached hydrogen (secondary N) is 1. The molecule has 5 heteroatoms. The number of carboxylic acids is 2. The molecular weight excluding hydrogens is 174 g/mol. The molecular formula is C8H11NO4. The van der Waals surface area contributed by atoms with E-state index in [9.17, 15) is 9.59 Å². The average molecular weight is 185 g/mol. The Morgan fingerprint density at radius 3 is 2.15 bits per heavy atom. The molecule has 1 saturated heterocycles. The minimum atomic E-state index is -1.53. The van der Waals surface area contributed by atoms with Crippen molar-refractivity contribution < 1.29 is 19.8 Å². The maximum absolute atomic E-state index is 10.9. The predicted molar refractivity (Wildman–Crippen MR) is 42.2 cm³/mol. The van der Waals surface area contributed by atoms with Crippen LogP contribution < -0.4 is 5.32 Å². The van der Waals surface area contributed by atoms with E-state index in [1.807, 2.05) is 0 Å². The van der Waals surface area contributed by atoms with Gasteiger partial charge in [-0.3, -0.25) is 9.59 Å². The van der Waals surface area contributed by atoms with Gasteiger partial charge in [0.2, 0.25) is 0 Å². The number of aliphatic carboxylic acids is 2. The molecule has 1 saturated carbocycles. The molecule has 2 unspecified atom stereocenters. The van der Waals surface area contributed by atoms with Gasteiger partial charge < -0.3 is 15.5 Å². The van der Waals surface area contributed by atoms with Crippen LogP contribution in [0.4, 0.5) is 0 Å². The van der Waals surface area contributed by atoms with Gasteiger partial charge in [0, 0.05) is 24.4 Å². The van der Waals surface area contributed by atoms with Crippen molar-refractivity contribution in [1.82, 2.24) is 5.32 Å². The van der Waals surface area contributed by atoms with Gasteiger partial charge in [0.15, 0.2) is 5.41 Å². The second-order valence-corrected chi connectivity index (χ2v) is 4.02. The summed E-state index contributed by atoms with van der Waals surface area (Å²) in [6.45, 7) is 2.70. The lowest BCUT2D eigenvalue weighted by molar-refractivity contribution is -0.160. The first-order valence-corrected chi connectivity index (χ1v) is 4.15. The van der Waals surface area contributed by atoms with Crippen LogP contribution in [-0.4, -0.2) is 35.2 Å². The van der Waals surface area contributed by atoms with E-state index in [1.54, 1.807) is 6.92 Å². The second kappa shape index (κ2) is 2.04. The van der Waals surface area contributed by atoms with Crippen LogP contribution in [0.1, 0.15) is 6.92 Å². The molecule has 0 amide bonds. The Labute approximate surface area is 74.7 Å². The van der Waals surface area contributed by atoms with Crippen LogP contribution in [0.3, 0.4) is 0 Å². The number of rotatable bonds is 2. The van der Waals surface area contributed by atoms with Crippen LogP contribution in [0.15, 0.2) is 0 Å². The van der Waals surface area contributed by atoms with Gasteiger partial charge in [0.05, 0.1) is 0 Å². The smallest absolute Gasteiger partial charge is 0.322 e. The molecule has 3 N–H and O–H groups in total. The van der Waals surface area contributed by atoms with Crippen LogP contribution in [0.5, 0.6) is 0 Å². The topological polar surface area (TPSA) is 86.6 Å². The Morgan fingerprint density at radius 1 is 1.38 bits per heavy atom. The lowest BCUT2D eigenvalue weighted by atomic mass is 9.94. The van der Waals surface area contributed by atoms with Crippen LogP contribution in [0.2, 0.25) is 0 Å². The minimum Gasteiger partial charge on any atom is -0.480 e. The van der Waals surface area contributed by atoms with E-state index in [1.165, 1.54) is 0 Å². The largest absolute Gasteiger partial charge is 0.480 e. The van der Waals surface area contributed by atoms with Crippen LogP contribution in [0.25, 0.3) is 0 Å². The Morgan fingerprint density at radius 2 is 1.92 bits per heavy atom. The van der Waals surface area contributed by atoms with Crippen LogP contribution in [-0.2, 0) is 9.59 Å². The molecule has 72 valence electrons. The Kier molecular flexibility index (Phi) is 1.33. The summed E-state index contributed by atoms with van der Waals surface area (Å²) >= 11 is 0. The van der Waals surface area contributed by atoms with E-state index in [2.05, 4.69) is 5.32 Å². The second-order valence-electron chi connectivity index (χ2n) is 4.02. The Hall–Kier alpha value is -1.10. The molecule has 0 aromatic heterocycles. The maximum Gasteiger partial charge on any atom is 0.322 e. The van der Waals surface area contributed by atoms with Crippen molar-refractivity contribution in [3.63, 3.8) is 0 Å². The molecule has 0 aromatic rings. The molecule has 0 radical (unpaired) electrons. The Balaban J connectivity index is 2.41. The van der Waals surface area contributed by atoms with Gasteiger partial charge in [0.1, 0.15) is 0 Å². The zero-order valence-corrected chi connectivity index (χ0v) is 7.20. The van der Waals surface area contributed by atoms with Crippen molar-refractivity contribution in [3.05, 3.63) is 0 Å². The summed E-state index contributed by atoms with van der Waals surface area (Å²) in [5.74, 6) is -2.65. The summed E-state index contributed by atoms with van der Waals surface area (Å²) in [6, 6.07) is 0. The van der Waals surface area contributed by atoms with E-state index in [4.69, 9.17) is 10.2 Å². The molecule has 1 aliphatic carbocycles. The van der Waals surface area contributed by atoms with E-state index < -0.39 is 22.8 Å². The van der Waals surface area contributed by atoms with Crippen LogP contribution >= 0.6 is 0 Å². The molecule has 0 spiro atoms. The van der Waals surface area contributed by atoms with Gasteiger partial charge in [-0.2, -0.15) is 0 Å². The third-order valence-electron chi connectivity index (χ3n) is 3.62. The van der Waals surface area contributed by atoms with E-state index in [0.29, 0.717) is 13.1 Å². The summed E-state index contributed by atoms with van der Waals surface area (Å²) in [7, 11) is 0. The lowest BCUT2D eigenvalue weighted by Gasteiger charge is -2.15. The highest BCUT2D eigenvalue weighted by Crippen LogP contribution is 2.70. The number of carbonyl (C=O) groups is 2. The fourth-order valence-corrected chi connectivity index (χ4v) is 2.77. The summed E-state index contributed by atoms with van der Waals surface area (Å²) < 4.78 is 0. The number of piperidine rings is 1. The van der Waals surface area contributed by atoms with Crippen molar-refractivity contribution >= 4 is 11.9 Å². The zero-order chi connectivity index (χ0) is 9.85. The van der Waals surface area contributed by atoms with E-state index >= 15 is 0 Å². The molecule has 1 heterocycles. The zero-order valence-electron chi connectivity index (χ0n) is 7.20. The van der Waals surface area contributed by atoms with Crippen LogP contribution in [0, 0.1) is 16.7 Å². The molecule has 2 aliphatic rings. The molecule has 0 bridgehead atoms. The van der Waals surface area contributed by atoms with Gasteiger partial charge in [-0.25, -0.2) is 0 Å². The average Bonchev–Trinajstić information content (AvgIpc) is 2.29. The third-order valence-corrected chi connectivity index (χ3v) is 3.62. The lowest BCUT2D eigenvalue weighted by Crippen LogP contribution is -2.38. The Bertz CT molecular complexity index is 287. The molecule has 0 aromatic carbocycles. The first-order chi connectivity index (χ1) is 5.98. The van der Waals surface area contributed by atoms with Gasteiger partial charge in [-0.15, -0.1) is 0 Å². The SMILES string of the molecule is CC12CNCC1C2(C(=O)O)C(=O)O. The monoisotopic (exact) mass is 185 g/mol. The van der Waals surface area contributed by atoms with Gasteiger partial charge in [-0.1, -0.05) is 6.92 Å². The van der Waals surface area contributed by atoms with E-state index in [-0.39, 0.29) is 5.92 Å². The maximum atomic E-state index is 10.9. The van der Waals surface area contributed by atoms with Crippen molar-refractivity contribution in [2.75, 3.05) is 13.1 Å². The first kappa shape index (κ1) is 8.50. The van der Waals surface area contributed by atoms with Crippen molar-refractivity contribution in [1.29, 1.82) is 0 Å². The normalized spacial score (nSPS) is 39.6. The number of fused-ring (bicyclic) bond motifs is 1. The quantitative estimate of drug-likeness (QED) is 0.499. The fraction of sp³-hybridized carbons (Fsp3) is 0.750. The fourth-order valence-electron chi connectivity index (χ4n) is 2.77. The van der Waals surface area contributed by atoms with E-state index in [0.717, 1.165) is 0 Å². The van der Waals surface area contributed by atoms with Gasteiger partial charge in [0.25, 0.3) is 0 Å².